The third-order valence-corrected chi connectivity index (χ3v) is 5.14. The van der Waals surface area contributed by atoms with E-state index in [-0.39, 0.29) is 17.7 Å². The average molecular weight is 357 g/mol. The van der Waals surface area contributed by atoms with Crippen molar-refractivity contribution in [3.8, 4) is 0 Å². The summed E-state index contributed by atoms with van der Waals surface area (Å²) in [4.78, 5) is 16.3. The van der Waals surface area contributed by atoms with Crippen LogP contribution < -0.4 is 5.32 Å². The van der Waals surface area contributed by atoms with Gasteiger partial charge in [0.2, 0.25) is 5.91 Å². The first-order valence-corrected chi connectivity index (χ1v) is 9.01. The van der Waals surface area contributed by atoms with Crippen molar-refractivity contribution in [3.63, 3.8) is 0 Å². The van der Waals surface area contributed by atoms with E-state index in [1.54, 1.807) is 18.3 Å². The summed E-state index contributed by atoms with van der Waals surface area (Å²) in [5, 5.41) is 6.63. The van der Waals surface area contributed by atoms with Crippen LogP contribution in [0, 0.1) is 0 Å². The molecule has 0 radical (unpaired) electrons. The van der Waals surface area contributed by atoms with Crippen molar-refractivity contribution in [2.75, 3.05) is 5.75 Å². The van der Waals surface area contributed by atoms with Gasteiger partial charge in [-0.15, -0.1) is 0 Å². The van der Waals surface area contributed by atoms with Gasteiger partial charge in [-0.25, -0.2) is 4.98 Å². The zero-order chi connectivity index (χ0) is 16.9. The maximum atomic E-state index is 12.2. The predicted molar refractivity (Wildman–Crippen MR) is 100 cm³/mol. The molecule has 0 aliphatic heterocycles. The first kappa shape index (κ1) is 16.8. The number of hydrogen-bond donors (Lipinski definition) is 1. The molecule has 0 spiro atoms. The molecule has 3 rings (SSSR count). The highest BCUT2D eigenvalue weighted by Gasteiger charge is 2.11. The molecule has 24 heavy (non-hydrogen) atoms. The molecule has 0 aliphatic carbocycles. The molecular formula is C19H17ClN2OS. The molecule has 0 aliphatic rings. The van der Waals surface area contributed by atoms with Crippen LogP contribution >= 0.6 is 23.4 Å². The van der Waals surface area contributed by atoms with E-state index >= 15 is 0 Å². The average Bonchev–Trinajstić information content (AvgIpc) is 2.60. The number of pyridine rings is 1. The molecule has 1 atom stereocenters. The second-order valence-electron chi connectivity index (χ2n) is 5.47. The maximum Gasteiger partial charge on any atom is 0.230 e. The van der Waals surface area contributed by atoms with Crippen molar-refractivity contribution < 1.29 is 4.79 Å². The minimum atomic E-state index is -0.0538. The SMILES string of the molecule is CC(NC(=O)CSc1ncccc1Cl)c1ccc2ccccc2c1. The van der Waals surface area contributed by atoms with E-state index in [0.29, 0.717) is 10.0 Å². The van der Waals surface area contributed by atoms with Crippen molar-refractivity contribution in [1.29, 1.82) is 0 Å². The Morgan fingerprint density at radius 3 is 2.75 bits per heavy atom. The summed E-state index contributed by atoms with van der Waals surface area (Å²) in [5.41, 5.74) is 1.09. The number of benzene rings is 2. The number of rotatable bonds is 5. The molecule has 0 bridgehead atoms. The molecule has 1 unspecified atom stereocenters. The van der Waals surface area contributed by atoms with E-state index in [1.807, 2.05) is 19.1 Å². The molecule has 1 amide bonds. The summed E-state index contributed by atoms with van der Waals surface area (Å²) in [6.07, 6.45) is 1.67. The lowest BCUT2D eigenvalue weighted by Gasteiger charge is -2.15. The van der Waals surface area contributed by atoms with Crippen molar-refractivity contribution >= 4 is 40.0 Å². The fourth-order valence-corrected chi connectivity index (χ4v) is 3.43. The molecule has 0 saturated carbocycles. The van der Waals surface area contributed by atoms with E-state index in [2.05, 4.69) is 40.6 Å². The maximum absolute atomic E-state index is 12.2. The van der Waals surface area contributed by atoms with Gasteiger partial charge in [-0.05, 0) is 41.5 Å². The van der Waals surface area contributed by atoms with Crippen molar-refractivity contribution in [3.05, 3.63) is 71.4 Å². The number of carbonyl (C=O) groups excluding carboxylic acids is 1. The van der Waals surface area contributed by atoms with Crippen molar-refractivity contribution in [2.24, 2.45) is 0 Å². The lowest BCUT2D eigenvalue weighted by Crippen LogP contribution is -2.28. The standard InChI is InChI=1S/C19H17ClN2OS/c1-13(15-9-8-14-5-2-3-6-16(14)11-15)22-18(23)12-24-19-17(20)7-4-10-21-19/h2-11,13H,12H2,1H3,(H,22,23). The minimum Gasteiger partial charge on any atom is -0.349 e. The Kier molecular flexibility index (Phi) is 5.38. The molecule has 3 aromatic rings. The van der Waals surface area contributed by atoms with E-state index in [0.717, 1.165) is 5.56 Å². The first-order chi connectivity index (χ1) is 11.6. The van der Waals surface area contributed by atoms with E-state index in [4.69, 9.17) is 11.6 Å². The summed E-state index contributed by atoms with van der Waals surface area (Å²) in [6, 6.07) is 17.9. The number of nitrogens with one attached hydrogen (secondary N) is 1. The fourth-order valence-electron chi connectivity index (χ4n) is 2.45. The lowest BCUT2D eigenvalue weighted by molar-refractivity contribution is -0.119. The van der Waals surface area contributed by atoms with Gasteiger partial charge in [0, 0.05) is 6.20 Å². The zero-order valence-electron chi connectivity index (χ0n) is 13.2. The number of carbonyl (C=O) groups is 1. The number of nitrogens with zero attached hydrogens (tertiary/aromatic N) is 1. The number of amides is 1. The Bertz CT molecular complexity index is 869. The van der Waals surface area contributed by atoms with Crippen LogP contribution in [0.15, 0.2) is 65.8 Å². The molecule has 5 heteroatoms. The topological polar surface area (TPSA) is 42.0 Å². The van der Waals surface area contributed by atoms with Crippen LogP contribution in [0.3, 0.4) is 0 Å². The molecule has 2 aromatic carbocycles. The highest BCUT2D eigenvalue weighted by molar-refractivity contribution is 8.00. The smallest absolute Gasteiger partial charge is 0.230 e. The van der Waals surface area contributed by atoms with Gasteiger partial charge in [0.05, 0.1) is 16.8 Å². The van der Waals surface area contributed by atoms with Gasteiger partial charge in [-0.2, -0.15) is 0 Å². The Morgan fingerprint density at radius 2 is 1.96 bits per heavy atom. The third kappa shape index (κ3) is 4.08. The largest absolute Gasteiger partial charge is 0.349 e. The summed E-state index contributed by atoms with van der Waals surface area (Å²) < 4.78 is 0. The van der Waals surface area contributed by atoms with Crippen LogP contribution in [0.2, 0.25) is 5.02 Å². The predicted octanol–water partition coefficient (Wildman–Crippen LogP) is 4.86. The summed E-state index contributed by atoms with van der Waals surface area (Å²) in [6.45, 7) is 1.99. The quantitative estimate of drug-likeness (QED) is 0.664. The molecule has 1 aromatic heterocycles. The zero-order valence-corrected chi connectivity index (χ0v) is 14.8. The Hall–Kier alpha value is -2.04. The number of aromatic nitrogens is 1. The van der Waals surface area contributed by atoms with Crippen LogP contribution in [0.5, 0.6) is 0 Å². The van der Waals surface area contributed by atoms with E-state index < -0.39 is 0 Å². The highest BCUT2D eigenvalue weighted by Crippen LogP contribution is 2.24. The Balaban J connectivity index is 1.61. The van der Waals surface area contributed by atoms with Crippen LogP contribution in [-0.2, 0) is 4.79 Å². The number of halogens is 1. The summed E-state index contributed by atoms with van der Waals surface area (Å²) >= 11 is 7.39. The monoisotopic (exact) mass is 356 g/mol. The minimum absolute atomic E-state index is 0.0395. The lowest BCUT2D eigenvalue weighted by atomic mass is 10.0. The Morgan fingerprint density at radius 1 is 1.17 bits per heavy atom. The van der Waals surface area contributed by atoms with Gasteiger partial charge in [-0.1, -0.05) is 59.8 Å². The number of thioether (sulfide) groups is 1. The van der Waals surface area contributed by atoms with Gasteiger partial charge < -0.3 is 5.32 Å². The van der Waals surface area contributed by atoms with Gasteiger partial charge >= 0.3 is 0 Å². The third-order valence-electron chi connectivity index (χ3n) is 3.72. The van der Waals surface area contributed by atoms with E-state index in [1.165, 1.54) is 22.5 Å². The molecule has 1 N–H and O–H groups in total. The molecular weight excluding hydrogens is 340 g/mol. The molecule has 122 valence electrons. The van der Waals surface area contributed by atoms with Gasteiger partial charge in [-0.3, -0.25) is 4.79 Å². The first-order valence-electron chi connectivity index (χ1n) is 7.65. The second-order valence-corrected chi connectivity index (χ2v) is 6.85. The van der Waals surface area contributed by atoms with Gasteiger partial charge in [0.25, 0.3) is 0 Å². The highest BCUT2D eigenvalue weighted by atomic mass is 35.5. The fraction of sp³-hybridized carbons (Fsp3) is 0.158. The second kappa shape index (κ2) is 7.69. The molecule has 3 nitrogen and oxygen atoms in total. The normalized spacial score (nSPS) is 12.1. The van der Waals surface area contributed by atoms with Crippen molar-refractivity contribution in [2.45, 2.75) is 18.0 Å². The van der Waals surface area contributed by atoms with Crippen LogP contribution in [0.25, 0.3) is 10.8 Å². The summed E-state index contributed by atoms with van der Waals surface area (Å²) in [5.74, 6) is 0.247. The van der Waals surface area contributed by atoms with Crippen molar-refractivity contribution in [1.82, 2.24) is 10.3 Å². The van der Waals surface area contributed by atoms with Crippen LogP contribution in [0.4, 0.5) is 0 Å². The van der Waals surface area contributed by atoms with Gasteiger partial charge in [0.1, 0.15) is 5.03 Å². The van der Waals surface area contributed by atoms with Crippen LogP contribution in [0.1, 0.15) is 18.5 Å². The van der Waals surface area contributed by atoms with Crippen LogP contribution in [-0.4, -0.2) is 16.6 Å². The number of fused-ring (bicyclic) bond motifs is 1. The molecule has 1 heterocycles. The number of hydrogen-bond acceptors (Lipinski definition) is 3. The van der Waals surface area contributed by atoms with E-state index in [9.17, 15) is 4.79 Å². The summed E-state index contributed by atoms with van der Waals surface area (Å²) in [7, 11) is 0. The molecule has 0 fully saturated rings. The Labute approximate surface area is 150 Å². The molecule has 0 saturated heterocycles. The van der Waals surface area contributed by atoms with Gasteiger partial charge in [0.15, 0.2) is 0 Å².